The highest BCUT2D eigenvalue weighted by molar-refractivity contribution is 7.05. The number of nitrogens with zero attached hydrogens (tertiary/aromatic N) is 2. The number of hydrogen-bond acceptors (Lipinski definition) is 4. The molecule has 0 saturated heterocycles. The highest BCUT2D eigenvalue weighted by atomic mass is 32.1. The van der Waals surface area contributed by atoms with E-state index < -0.39 is 0 Å². The van der Waals surface area contributed by atoms with Gasteiger partial charge in [-0.25, -0.2) is 0 Å². The van der Waals surface area contributed by atoms with E-state index in [1.165, 1.54) is 22.3 Å². The highest BCUT2D eigenvalue weighted by Gasteiger charge is 2.11. The Morgan fingerprint density at radius 3 is 2.65 bits per heavy atom. The Bertz CT molecular complexity index is 634. The molecule has 0 amide bonds. The summed E-state index contributed by atoms with van der Waals surface area (Å²) >= 11 is 1.35. The first-order valence-corrected chi connectivity index (χ1v) is 6.13. The van der Waals surface area contributed by atoms with Gasteiger partial charge in [-0.05, 0) is 33.9 Å². The van der Waals surface area contributed by atoms with Crippen molar-refractivity contribution in [3.05, 3.63) is 59.1 Å². The third-order valence-corrected chi connectivity index (χ3v) is 3.56. The number of benzene rings is 2. The van der Waals surface area contributed by atoms with Crippen LogP contribution in [0.2, 0.25) is 0 Å². The first kappa shape index (κ1) is 10.4. The second-order valence-electron chi connectivity index (χ2n) is 3.90. The summed E-state index contributed by atoms with van der Waals surface area (Å²) < 4.78 is 3.84. The maximum absolute atomic E-state index is 6.18. The monoisotopic (exact) mass is 241 g/mol. The van der Waals surface area contributed by atoms with Gasteiger partial charge in [-0.3, -0.25) is 0 Å². The summed E-state index contributed by atoms with van der Waals surface area (Å²) in [6.45, 7) is 0. The zero-order valence-electron chi connectivity index (χ0n) is 9.08. The lowest BCUT2D eigenvalue weighted by Crippen LogP contribution is -2.09. The molecule has 2 aromatic carbocycles. The van der Waals surface area contributed by atoms with Gasteiger partial charge in [0.1, 0.15) is 0 Å². The predicted molar refractivity (Wildman–Crippen MR) is 69.9 cm³/mol. The molecule has 1 aromatic heterocycles. The first-order valence-electron chi connectivity index (χ1n) is 5.36. The Morgan fingerprint density at radius 2 is 1.88 bits per heavy atom. The van der Waals surface area contributed by atoms with Crippen molar-refractivity contribution in [1.29, 1.82) is 0 Å². The van der Waals surface area contributed by atoms with E-state index in [1.807, 2.05) is 12.1 Å². The molecular formula is C13H11N3S. The van der Waals surface area contributed by atoms with Gasteiger partial charge in [0.15, 0.2) is 0 Å². The van der Waals surface area contributed by atoms with Gasteiger partial charge in [-0.1, -0.05) is 40.9 Å². The summed E-state index contributed by atoms with van der Waals surface area (Å²) in [6, 6.07) is 14.4. The number of hydrogen-bond donors (Lipinski definition) is 1. The van der Waals surface area contributed by atoms with E-state index in [4.69, 9.17) is 5.73 Å². The normalized spacial score (nSPS) is 12.8. The van der Waals surface area contributed by atoms with Crippen LogP contribution in [0.5, 0.6) is 0 Å². The van der Waals surface area contributed by atoms with Gasteiger partial charge in [0.2, 0.25) is 0 Å². The topological polar surface area (TPSA) is 51.8 Å². The minimum atomic E-state index is -0.139. The molecule has 1 heterocycles. The second-order valence-corrected chi connectivity index (χ2v) is 4.72. The lowest BCUT2D eigenvalue weighted by atomic mass is 10.0. The second kappa shape index (κ2) is 4.24. The molecule has 2 N–H and O–H groups in total. The Kier molecular flexibility index (Phi) is 2.59. The summed E-state index contributed by atoms with van der Waals surface area (Å²) in [5, 5.41) is 6.25. The van der Waals surface area contributed by atoms with Crippen LogP contribution in [0.3, 0.4) is 0 Å². The summed E-state index contributed by atoms with van der Waals surface area (Å²) in [5.41, 5.74) is 7.27. The van der Waals surface area contributed by atoms with Gasteiger partial charge in [-0.2, -0.15) is 0 Å². The minimum absolute atomic E-state index is 0.139. The Morgan fingerprint density at radius 1 is 1.06 bits per heavy atom. The minimum Gasteiger partial charge on any atom is -0.320 e. The van der Waals surface area contributed by atoms with Crippen LogP contribution in [-0.2, 0) is 0 Å². The Labute approximate surface area is 103 Å². The Balaban J connectivity index is 2.06. The van der Waals surface area contributed by atoms with Gasteiger partial charge < -0.3 is 5.73 Å². The molecule has 0 saturated carbocycles. The molecule has 84 valence electrons. The van der Waals surface area contributed by atoms with Gasteiger partial charge in [-0.15, -0.1) is 5.10 Å². The fourth-order valence-corrected chi connectivity index (χ4v) is 2.41. The Hall–Kier alpha value is -1.78. The maximum Gasteiger partial charge on any atom is 0.0678 e. The number of rotatable bonds is 2. The van der Waals surface area contributed by atoms with Gasteiger partial charge in [0, 0.05) is 0 Å². The van der Waals surface area contributed by atoms with Crippen LogP contribution < -0.4 is 5.73 Å². The molecule has 3 nitrogen and oxygen atoms in total. The van der Waals surface area contributed by atoms with Crippen molar-refractivity contribution in [2.24, 2.45) is 5.73 Å². The van der Waals surface area contributed by atoms with E-state index >= 15 is 0 Å². The highest BCUT2D eigenvalue weighted by Crippen LogP contribution is 2.24. The van der Waals surface area contributed by atoms with Crippen molar-refractivity contribution in [2.75, 3.05) is 0 Å². The molecule has 1 unspecified atom stereocenters. The lowest BCUT2D eigenvalue weighted by Gasteiger charge is -2.09. The number of aromatic nitrogens is 2. The van der Waals surface area contributed by atoms with Crippen LogP contribution in [-0.4, -0.2) is 9.59 Å². The molecule has 0 spiro atoms. The summed E-state index contributed by atoms with van der Waals surface area (Å²) in [5.74, 6) is 0. The van der Waals surface area contributed by atoms with E-state index in [0.29, 0.717) is 0 Å². The van der Waals surface area contributed by atoms with Crippen LogP contribution in [0.15, 0.2) is 48.7 Å². The molecule has 3 rings (SSSR count). The SMILES string of the molecule is NC(c1ccc2ccccc2c1)c1cnns1. The summed E-state index contributed by atoms with van der Waals surface area (Å²) in [7, 11) is 0. The average molecular weight is 241 g/mol. The molecule has 0 bridgehead atoms. The van der Waals surface area contributed by atoms with Crippen molar-refractivity contribution in [1.82, 2.24) is 9.59 Å². The maximum atomic E-state index is 6.18. The lowest BCUT2D eigenvalue weighted by molar-refractivity contribution is 0.890. The standard InChI is InChI=1S/C13H11N3S/c14-13(12-8-15-16-17-12)11-6-5-9-3-1-2-4-10(9)7-11/h1-8,13H,14H2. The predicted octanol–water partition coefficient (Wildman–Crippen LogP) is 2.74. The van der Waals surface area contributed by atoms with Gasteiger partial charge in [0.05, 0.1) is 17.1 Å². The van der Waals surface area contributed by atoms with Crippen molar-refractivity contribution in [3.63, 3.8) is 0 Å². The third-order valence-electron chi connectivity index (χ3n) is 2.82. The van der Waals surface area contributed by atoms with Crippen LogP contribution in [0, 0.1) is 0 Å². The molecule has 3 aromatic rings. The molecule has 0 radical (unpaired) electrons. The number of fused-ring (bicyclic) bond motifs is 1. The van der Waals surface area contributed by atoms with E-state index in [-0.39, 0.29) is 6.04 Å². The molecule has 1 atom stereocenters. The van der Waals surface area contributed by atoms with Crippen molar-refractivity contribution in [2.45, 2.75) is 6.04 Å². The average Bonchev–Trinajstić information content (AvgIpc) is 2.91. The fraction of sp³-hybridized carbons (Fsp3) is 0.0769. The zero-order chi connectivity index (χ0) is 11.7. The van der Waals surface area contributed by atoms with Crippen molar-refractivity contribution >= 4 is 22.3 Å². The number of nitrogens with two attached hydrogens (primary N) is 1. The van der Waals surface area contributed by atoms with Crippen molar-refractivity contribution < 1.29 is 0 Å². The molecule has 0 fully saturated rings. The molecule has 0 aliphatic carbocycles. The molecule has 17 heavy (non-hydrogen) atoms. The zero-order valence-corrected chi connectivity index (χ0v) is 9.89. The molecular weight excluding hydrogens is 230 g/mol. The van der Waals surface area contributed by atoms with E-state index in [0.717, 1.165) is 10.4 Å². The van der Waals surface area contributed by atoms with Gasteiger partial charge >= 0.3 is 0 Å². The smallest absolute Gasteiger partial charge is 0.0678 e. The summed E-state index contributed by atoms with van der Waals surface area (Å²) in [6.07, 6.45) is 1.73. The molecule has 0 aliphatic rings. The van der Waals surface area contributed by atoms with E-state index in [1.54, 1.807) is 6.20 Å². The van der Waals surface area contributed by atoms with Crippen LogP contribution in [0.1, 0.15) is 16.5 Å². The van der Waals surface area contributed by atoms with Gasteiger partial charge in [0.25, 0.3) is 0 Å². The molecule has 4 heteroatoms. The quantitative estimate of drug-likeness (QED) is 0.750. The molecule has 0 aliphatic heterocycles. The first-order chi connectivity index (χ1) is 8.34. The van der Waals surface area contributed by atoms with Crippen LogP contribution in [0.25, 0.3) is 10.8 Å². The largest absolute Gasteiger partial charge is 0.320 e. The van der Waals surface area contributed by atoms with E-state index in [9.17, 15) is 0 Å². The third kappa shape index (κ3) is 1.92. The summed E-state index contributed by atoms with van der Waals surface area (Å²) in [4.78, 5) is 0.986. The van der Waals surface area contributed by atoms with Crippen molar-refractivity contribution in [3.8, 4) is 0 Å². The fourth-order valence-electron chi connectivity index (χ4n) is 1.88. The van der Waals surface area contributed by atoms with Crippen LogP contribution in [0.4, 0.5) is 0 Å². The van der Waals surface area contributed by atoms with Crippen LogP contribution >= 0.6 is 11.5 Å². The van der Waals surface area contributed by atoms with E-state index in [2.05, 4.69) is 39.9 Å².